The Hall–Kier alpha value is -3.06. The lowest BCUT2D eigenvalue weighted by molar-refractivity contribution is -0.136. The van der Waals surface area contributed by atoms with E-state index in [0.717, 1.165) is 6.42 Å². The zero-order valence-corrected chi connectivity index (χ0v) is 20.0. The predicted molar refractivity (Wildman–Crippen MR) is 130 cm³/mol. The van der Waals surface area contributed by atoms with Gasteiger partial charge in [-0.05, 0) is 43.2 Å². The average molecular weight is 471 g/mol. The summed E-state index contributed by atoms with van der Waals surface area (Å²) in [7, 11) is 0. The molecule has 0 spiro atoms. The van der Waals surface area contributed by atoms with Crippen LogP contribution in [0, 0.1) is 5.92 Å². The molecule has 3 unspecified atom stereocenters. The molecule has 1 fully saturated rings. The Balaban J connectivity index is 1.64. The quantitative estimate of drug-likeness (QED) is 0.662. The molecule has 3 rings (SSSR count). The van der Waals surface area contributed by atoms with Crippen LogP contribution in [0.25, 0.3) is 0 Å². The summed E-state index contributed by atoms with van der Waals surface area (Å²) in [6.45, 7) is 7.16. The van der Waals surface area contributed by atoms with Crippen LogP contribution in [0.1, 0.15) is 37.6 Å². The molecule has 2 aromatic carbocycles. The second kappa shape index (κ2) is 11.2. The molecule has 33 heavy (non-hydrogen) atoms. The summed E-state index contributed by atoms with van der Waals surface area (Å²) in [6.07, 6.45) is 0.732. The van der Waals surface area contributed by atoms with E-state index >= 15 is 0 Å². The van der Waals surface area contributed by atoms with E-state index in [-0.39, 0.29) is 23.8 Å². The Bertz CT molecular complexity index is 985. The van der Waals surface area contributed by atoms with Gasteiger partial charge in [0.1, 0.15) is 6.04 Å². The number of nitrogens with zero attached hydrogens (tertiary/aromatic N) is 2. The highest BCUT2D eigenvalue weighted by atomic mass is 35.5. The van der Waals surface area contributed by atoms with Crippen LogP contribution in [-0.4, -0.2) is 59.4 Å². The molecule has 1 aliphatic rings. The molecule has 3 atom stereocenters. The Kier molecular flexibility index (Phi) is 8.33. The monoisotopic (exact) mass is 470 g/mol. The highest BCUT2D eigenvalue weighted by Crippen LogP contribution is 2.19. The van der Waals surface area contributed by atoms with Gasteiger partial charge in [0.15, 0.2) is 0 Å². The number of hydrogen-bond donors (Lipinski definition) is 2. The number of urea groups is 1. The van der Waals surface area contributed by atoms with Crippen molar-refractivity contribution in [2.24, 2.45) is 5.92 Å². The molecule has 1 saturated heterocycles. The van der Waals surface area contributed by atoms with Crippen molar-refractivity contribution in [3.63, 3.8) is 0 Å². The lowest BCUT2D eigenvalue weighted by Gasteiger charge is -2.41. The highest BCUT2D eigenvalue weighted by Gasteiger charge is 2.35. The van der Waals surface area contributed by atoms with E-state index in [9.17, 15) is 14.4 Å². The standard InChI is InChI=1S/C25H31ClN4O3/c1-4-17(2)22(28-25(33)27-21-12-8-11-20(26)15-21)24(32)29-13-14-30(18(3)16-29)23(31)19-9-6-5-7-10-19/h5-12,15,17-18,22H,4,13-14,16H2,1-3H3,(H2,27,28,33). The van der Waals surface area contributed by atoms with Crippen LogP contribution in [0.4, 0.5) is 10.5 Å². The third kappa shape index (κ3) is 6.26. The summed E-state index contributed by atoms with van der Waals surface area (Å²) in [5, 5.41) is 6.10. The van der Waals surface area contributed by atoms with Crippen molar-refractivity contribution in [1.82, 2.24) is 15.1 Å². The van der Waals surface area contributed by atoms with Gasteiger partial charge in [-0.2, -0.15) is 0 Å². The number of carbonyl (C=O) groups is 3. The molecule has 1 heterocycles. The van der Waals surface area contributed by atoms with Crippen molar-refractivity contribution in [2.75, 3.05) is 25.0 Å². The van der Waals surface area contributed by atoms with Crippen LogP contribution >= 0.6 is 11.6 Å². The molecular formula is C25H31ClN4O3. The zero-order chi connectivity index (χ0) is 24.0. The minimum Gasteiger partial charge on any atom is -0.337 e. The van der Waals surface area contributed by atoms with E-state index in [1.807, 2.05) is 39.0 Å². The van der Waals surface area contributed by atoms with Gasteiger partial charge >= 0.3 is 6.03 Å². The van der Waals surface area contributed by atoms with E-state index in [1.54, 1.807) is 46.2 Å². The van der Waals surface area contributed by atoms with Crippen molar-refractivity contribution in [3.8, 4) is 0 Å². The van der Waals surface area contributed by atoms with Gasteiger partial charge in [-0.15, -0.1) is 0 Å². The van der Waals surface area contributed by atoms with E-state index in [2.05, 4.69) is 10.6 Å². The SMILES string of the molecule is CCC(C)C(NC(=O)Nc1cccc(Cl)c1)C(=O)N1CCN(C(=O)c2ccccc2)C(C)C1. The zero-order valence-electron chi connectivity index (χ0n) is 19.3. The third-order valence-corrected chi connectivity index (χ3v) is 6.30. The van der Waals surface area contributed by atoms with Crippen molar-refractivity contribution < 1.29 is 14.4 Å². The molecule has 8 heteroatoms. The van der Waals surface area contributed by atoms with Gasteiger partial charge < -0.3 is 20.4 Å². The fraction of sp³-hybridized carbons (Fsp3) is 0.400. The van der Waals surface area contributed by atoms with Crippen LogP contribution in [0.2, 0.25) is 5.02 Å². The molecule has 176 valence electrons. The van der Waals surface area contributed by atoms with Gasteiger partial charge in [0.2, 0.25) is 5.91 Å². The Morgan fingerprint density at radius 1 is 1.09 bits per heavy atom. The van der Waals surface area contributed by atoms with E-state index in [1.165, 1.54) is 0 Å². The summed E-state index contributed by atoms with van der Waals surface area (Å²) < 4.78 is 0. The maximum atomic E-state index is 13.4. The van der Waals surface area contributed by atoms with Crippen molar-refractivity contribution >= 4 is 35.1 Å². The van der Waals surface area contributed by atoms with Crippen LogP contribution < -0.4 is 10.6 Å². The van der Waals surface area contributed by atoms with Gasteiger partial charge in [-0.25, -0.2) is 4.79 Å². The number of nitrogens with one attached hydrogen (secondary N) is 2. The minimum atomic E-state index is -0.669. The summed E-state index contributed by atoms with van der Waals surface area (Å²) in [6, 6.07) is 14.7. The van der Waals surface area contributed by atoms with Crippen LogP contribution in [0.15, 0.2) is 54.6 Å². The van der Waals surface area contributed by atoms with Crippen LogP contribution in [-0.2, 0) is 4.79 Å². The molecule has 0 radical (unpaired) electrons. The maximum Gasteiger partial charge on any atom is 0.319 e. The number of anilines is 1. The summed E-state index contributed by atoms with van der Waals surface area (Å²) in [4.78, 5) is 42.4. The minimum absolute atomic E-state index is 0.0345. The van der Waals surface area contributed by atoms with E-state index in [0.29, 0.717) is 35.9 Å². The fourth-order valence-corrected chi connectivity index (χ4v) is 4.15. The number of amides is 4. The topological polar surface area (TPSA) is 81.8 Å². The summed E-state index contributed by atoms with van der Waals surface area (Å²) in [5.74, 6) is -0.223. The van der Waals surface area contributed by atoms with Crippen LogP contribution in [0.3, 0.4) is 0 Å². The molecule has 4 amide bonds. The normalized spacial score (nSPS) is 17.8. The molecule has 1 aliphatic heterocycles. The lowest BCUT2D eigenvalue weighted by Crippen LogP contribution is -2.60. The molecule has 0 saturated carbocycles. The van der Waals surface area contributed by atoms with Crippen molar-refractivity contribution in [3.05, 3.63) is 65.2 Å². The average Bonchev–Trinajstić information content (AvgIpc) is 2.81. The molecule has 0 bridgehead atoms. The summed E-state index contributed by atoms with van der Waals surface area (Å²) >= 11 is 5.99. The van der Waals surface area contributed by atoms with E-state index < -0.39 is 12.1 Å². The molecule has 7 nitrogen and oxygen atoms in total. The lowest BCUT2D eigenvalue weighted by atomic mass is 9.97. The number of hydrogen-bond acceptors (Lipinski definition) is 3. The van der Waals surface area contributed by atoms with Crippen molar-refractivity contribution in [2.45, 2.75) is 39.3 Å². The third-order valence-electron chi connectivity index (χ3n) is 6.07. The molecule has 0 aliphatic carbocycles. The number of rotatable bonds is 6. The van der Waals surface area contributed by atoms with E-state index in [4.69, 9.17) is 11.6 Å². The Morgan fingerprint density at radius 2 is 1.82 bits per heavy atom. The van der Waals surface area contributed by atoms with Gasteiger partial charge in [0, 0.05) is 41.9 Å². The Morgan fingerprint density at radius 3 is 2.45 bits per heavy atom. The van der Waals surface area contributed by atoms with Crippen molar-refractivity contribution in [1.29, 1.82) is 0 Å². The molecule has 2 N–H and O–H groups in total. The van der Waals surface area contributed by atoms with Gasteiger partial charge in [-0.3, -0.25) is 9.59 Å². The first-order valence-electron chi connectivity index (χ1n) is 11.3. The first kappa shape index (κ1) is 24.6. The molecular weight excluding hydrogens is 440 g/mol. The summed E-state index contributed by atoms with van der Waals surface area (Å²) in [5.41, 5.74) is 1.19. The van der Waals surface area contributed by atoms with Crippen LogP contribution in [0.5, 0.6) is 0 Å². The second-order valence-corrected chi connectivity index (χ2v) is 8.91. The highest BCUT2D eigenvalue weighted by molar-refractivity contribution is 6.30. The number of benzene rings is 2. The van der Waals surface area contributed by atoms with Gasteiger partial charge in [0.05, 0.1) is 0 Å². The molecule has 0 aromatic heterocycles. The first-order chi connectivity index (χ1) is 15.8. The Labute approximate surface area is 200 Å². The first-order valence-corrected chi connectivity index (χ1v) is 11.7. The largest absolute Gasteiger partial charge is 0.337 e. The van der Waals surface area contributed by atoms with Gasteiger partial charge in [-0.1, -0.05) is 56.1 Å². The number of piperazine rings is 1. The fourth-order valence-electron chi connectivity index (χ4n) is 3.96. The smallest absolute Gasteiger partial charge is 0.319 e. The predicted octanol–water partition coefficient (Wildman–Crippen LogP) is 4.25. The number of carbonyl (C=O) groups excluding carboxylic acids is 3. The second-order valence-electron chi connectivity index (χ2n) is 8.47. The molecule has 2 aromatic rings. The van der Waals surface area contributed by atoms with Gasteiger partial charge in [0.25, 0.3) is 5.91 Å². The number of halogens is 1. The maximum absolute atomic E-state index is 13.4.